The number of phenols is 1. The van der Waals surface area contributed by atoms with Crippen LogP contribution in [0.3, 0.4) is 0 Å². The molecule has 3 aromatic carbocycles. The average molecular weight is 456 g/mol. The topological polar surface area (TPSA) is 99.1 Å². The lowest BCUT2D eigenvalue weighted by atomic mass is 10.2. The zero-order valence-electron chi connectivity index (χ0n) is 17.3. The Morgan fingerprint density at radius 2 is 1.78 bits per heavy atom. The minimum absolute atomic E-state index is 0.0428. The monoisotopic (exact) mass is 455 g/mol. The van der Waals surface area contributed by atoms with E-state index in [1.54, 1.807) is 24.3 Å². The predicted octanol–water partition coefficient (Wildman–Crippen LogP) is 3.18. The first kappa shape index (κ1) is 23.1. The molecule has 1 amide bonds. The third-order valence-corrected chi connectivity index (χ3v) is 6.33. The zero-order chi connectivity index (χ0) is 23.1. The number of carbonyl (C=O) groups is 1. The van der Waals surface area contributed by atoms with Crippen molar-refractivity contribution in [1.82, 2.24) is 9.73 Å². The van der Waals surface area contributed by atoms with Crippen LogP contribution in [0.4, 0.5) is 4.39 Å². The Morgan fingerprint density at radius 3 is 2.44 bits per heavy atom. The van der Waals surface area contributed by atoms with Gasteiger partial charge < -0.3 is 5.11 Å². The van der Waals surface area contributed by atoms with Crippen LogP contribution in [0.25, 0.3) is 0 Å². The lowest BCUT2D eigenvalue weighted by molar-refractivity contribution is -0.121. The number of halogens is 1. The van der Waals surface area contributed by atoms with Crippen molar-refractivity contribution < 1.29 is 22.7 Å². The second-order valence-corrected chi connectivity index (χ2v) is 9.04. The summed E-state index contributed by atoms with van der Waals surface area (Å²) in [5.41, 5.74) is 4.27. The number of rotatable bonds is 8. The summed E-state index contributed by atoms with van der Waals surface area (Å²) in [5, 5.41) is 13.3. The van der Waals surface area contributed by atoms with Gasteiger partial charge in [0.1, 0.15) is 11.6 Å². The van der Waals surface area contributed by atoms with Gasteiger partial charge in [0.2, 0.25) is 10.0 Å². The largest absolute Gasteiger partial charge is 0.508 e. The van der Waals surface area contributed by atoms with Gasteiger partial charge in [0.15, 0.2) is 0 Å². The van der Waals surface area contributed by atoms with Crippen molar-refractivity contribution in [2.24, 2.45) is 5.10 Å². The van der Waals surface area contributed by atoms with Crippen LogP contribution in [0.2, 0.25) is 0 Å². The number of sulfonamides is 1. The molecular weight excluding hydrogens is 433 g/mol. The summed E-state index contributed by atoms with van der Waals surface area (Å²) in [6.07, 6.45) is 1.33. The van der Waals surface area contributed by atoms with Gasteiger partial charge in [-0.05, 0) is 54.4 Å². The van der Waals surface area contributed by atoms with Crippen LogP contribution in [0.1, 0.15) is 16.7 Å². The van der Waals surface area contributed by atoms with E-state index < -0.39 is 28.3 Å². The Labute approximate surface area is 185 Å². The van der Waals surface area contributed by atoms with E-state index in [1.165, 1.54) is 54.7 Å². The predicted molar refractivity (Wildman–Crippen MR) is 119 cm³/mol. The van der Waals surface area contributed by atoms with Crippen LogP contribution in [0.5, 0.6) is 5.75 Å². The zero-order valence-corrected chi connectivity index (χ0v) is 18.1. The maximum atomic E-state index is 13.2. The Kier molecular flexibility index (Phi) is 7.34. The van der Waals surface area contributed by atoms with E-state index in [2.05, 4.69) is 10.5 Å². The van der Waals surface area contributed by atoms with Gasteiger partial charge in [-0.2, -0.15) is 9.41 Å². The van der Waals surface area contributed by atoms with Gasteiger partial charge in [0.05, 0.1) is 17.7 Å². The molecule has 2 N–H and O–H groups in total. The highest BCUT2D eigenvalue weighted by molar-refractivity contribution is 7.89. The molecular formula is C23H22FN3O4S. The molecule has 7 nitrogen and oxygen atoms in total. The van der Waals surface area contributed by atoms with E-state index in [9.17, 15) is 22.7 Å². The first-order valence-electron chi connectivity index (χ1n) is 9.66. The summed E-state index contributed by atoms with van der Waals surface area (Å²) in [5.74, 6) is -1.05. The van der Waals surface area contributed by atoms with E-state index in [0.717, 1.165) is 9.87 Å². The number of amides is 1. The smallest absolute Gasteiger partial charge is 0.255 e. The van der Waals surface area contributed by atoms with Gasteiger partial charge in [0, 0.05) is 6.54 Å². The van der Waals surface area contributed by atoms with Crippen molar-refractivity contribution >= 4 is 22.1 Å². The molecule has 0 spiro atoms. The molecule has 0 aliphatic heterocycles. The van der Waals surface area contributed by atoms with Crippen LogP contribution < -0.4 is 5.43 Å². The molecule has 0 heterocycles. The fourth-order valence-corrected chi connectivity index (χ4v) is 4.24. The van der Waals surface area contributed by atoms with Crippen LogP contribution >= 0.6 is 0 Å². The summed E-state index contributed by atoms with van der Waals surface area (Å²) < 4.78 is 40.6. The van der Waals surface area contributed by atoms with E-state index in [-0.39, 0.29) is 17.2 Å². The number of benzene rings is 3. The van der Waals surface area contributed by atoms with Gasteiger partial charge in [-0.15, -0.1) is 0 Å². The van der Waals surface area contributed by atoms with Crippen LogP contribution in [-0.2, 0) is 21.4 Å². The molecule has 0 radical (unpaired) electrons. The number of nitrogens with zero attached hydrogens (tertiary/aromatic N) is 2. The average Bonchev–Trinajstić information content (AvgIpc) is 2.75. The molecule has 3 rings (SSSR count). The molecule has 0 unspecified atom stereocenters. The van der Waals surface area contributed by atoms with E-state index >= 15 is 0 Å². The first-order chi connectivity index (χ1) is 15.2. The van der Waals surface area contributed by atoms with Gasteiger partial charge in [0.25, 0.3) is 5.91 Å². The molecule has 0 aliphatic rings. The van der Waals surface area contributed by atoms with Gasteiger partial charge in [-0.25, -0.2) is 18.2 Å². The highest BCUT2D eigenvalue weighted by Crippen LogP contribution is 2.19. The van der Waals surface area contributed by atoms with E-state index in [4.69, 9.17) is 0 Å². The molecule has 0 aromatic heterocycles. The second kappa shape index (κ2) is 10.2. The third kappa shape index (κ3) is 6.22. The quantitative estimate of drug-likeness (QED) is 0.403. The number of hydrogen-bond donors (Lipinski definition) is 2. The summed E-state index contributed by atoms with van der Waals surface area (Å²) in [6.45, 7) is 1.22. The maximum absolute atomic E-state index is 13.2. The molecule has 0 saturated carbocycles. The van der Waals surface area contributed by atoms with Gasteiger partial charge in [-0.1, -0.05) is 42.0 Å². The molecule has 32 heavy (non-hydrogen) atoms. The Hall–Kier alpha value is -3.56. The summed E-state index contributed by atoms with van der Waals surface area (Å²) >= 11 is 0. The highest BCUT2D eigenvalue weighted by Gasteiger charge is 2.27. The number of phenolic OH excluding ortho intramolecular Hbond substituents is 1. The van der Waals surface area contributed by atoms with Crippen molar-refractivity contribution in [1.29, 1.82) is 0 Å². The summed E-state index contributed by atoms with van der Waals surface area (Å²) in [6, 6.07) is 17.9. The number of aryl methyl sites for hydroxylation is 1. The number of nitrogens with one attached hydrogen (secondary N) is 1. The number of carbonyl (C=O) groups excluding carboxylic acids is 1. The lowest BCUT2D eigenvalue weighted by Crippen LogP contribution is -2.39. The number of aromatic hydroxyl groups is 1. The summed E-state index contributed by atoms with van der Waals surface area (Å²) in [7, 11) is -4.01. The summed E-state index contributed by atoms with van der Waals surface area (Å²) in [4.78, 5) is 12.5. The standard InChI is InChI=1S/C23H22FN3O4S/c1-17-5-11-22(12-6-17)32(30,31)27(15-18-7-9-20(24)10-8-18)16-23(29)26-25-14-19-3-2-4-21(28)13-19/h2-14,28H,15-16H2,1H3,(H,26,29)/b25-14-. The van der Waals surface area contributed by atoms with Crippen molar-refractivity contribution in [3.05, 3.63) is 95.3 Å². The second-order valence-electron chi connectivity index (χ2n) is 7.10. The van der Waals surface area contributed by atoms with Crippen LogP contribution in [0.15, 0.2) is 82.8 Å². The third-order valence-electron chi connectivity index (χ3n) is 4.52. The van der Waals surface area contributed by atoms with E-state index in [1.807, 2.05) is 6.92 Å². The van der Waals surface area contributed by atoms with Crippen molar-refractivity contribution in [2.45, 2.75) is 18.4 Å². The molecule has 166 valence electrons. The first-order valence-corrected chi connectivity index (χ1v) is 11.1. The number of hydrazone groups is 1. The minimum Gasteiger partial charge on any atom is -0.508 e. The van der Waals surface area contributed by atoms with Crippen molar-refractivity contribution in [3.63, 3.8) is 0 Å². The molecule has 9 heteroatoms. The van der Waals surface area contributed by atoms with Crippen molar-refractivity contribution in [3.8, 4) is 5.75 Å². The molecule has 3 aromatic rings. The Bertz CT molecular complexity index is 1210. The minimum atomic E-state index is -4.01. The fourth-order valence-electron chi connectivity index (χ4n) is 2.86. The van der Waals surface area contributed by atoms with E-state index in [0.29, 0.717) is 11.1 Å². The molecule has 0 bridgehead atoms. The van der Waals surface area contributed by atoms with Crippen LogP contribution in [-0.4, -0.2) is 36.5 Å². The fraction of sp³-hybridized carbons (Fsp3) is 0.130. The lowest BCUT2D eigenvalue weighted by Gasteiger charge is -2.21. The Morgan fingerprint density at radius 1 is 1.09 bits per heavy atom. The molecule has 0 atom stereocenters. The van der Waals surface area contributed by atoms with Crippen LogP contribution in [0, 0.1) is 12.7 Å². The molecule has 0 aliphatic carbocycles. The molecule has 0 fully saturated rings. The van der Waals surface area contributed by atoms with Gasteiger partial charge >= 0.3 is 0 Å². The number of hydrogen-bond acceptors (Lipinski definition) is 5. The van der Waals surface area contributed by atoms with Crippen molar-refractivity contribution in [2.75, 3.05) is 6.54 Å². The van der Waals surface area contributed by atoms with Gasteiger partial charge in [-0.3, -0.25) is 4.79 Å². The highest BCUT2D eigenvalue weighted by atomic mass is 32.2. The Balaban J connectivity index is 1.79. The molecule has 0 saturated heterocycles. The SMILES string of the molecule is Cc1ccc(S(=O)(=O)N(CC(=O)N/N=C\c2cccc(O)c2)Cc2ccc(F)cc2)cc1. The maximum Gasteiger partial charge on any atom is 0.255 e. The normalized spacial score (nSPS) is 11.7.